The molecule has 2 saturated carbocycles. The minimum Gasteiger partial charge on any atom is -0.250 e. The van der Waals surface area contributed by atoms with Crippen LogP contribution in [-0.2, 0) is 0 Å². The lowest BCUT2D eigenvalue weighted by atomic mass is 9.79. The van der Waals surface area contributed by atoms with Crippen molar-refractivity contribution in [3.63, 3.8) is 0 Å². The minimum atomic E-state index is 0.516. The smallest absolute Gasteiger partial charge is 0.0974 e. The molecule has 0 saturated heterocycles. The van der Waals surface area contributed by atoms with Gasteiger partial charge in [-0.2, -0.15) is 0 Å². The number of pyridine rings is 2. The number of hydrogen-bond donors (Lipinski definition) is 0. The summed E-state index contributed by atoms with van der Waals surface area (Å²) < 4.78 is 0. The van der Waals surface area contributed by atoms with Crippen LogP contribution in [0.1, 0.15) is 88.4 Å². The van der Waals surface area contributed by atoms with Crippen molar-refractivity contribution >= 4 is 21.8 Å². The van der Waals surface area contributed by atoms with Crippen LogP contribution in [0, 0.1) is 11.8 Å². The van der Waals surface area contributed by atoms with Gasteiger partial charge in [-0.25, -0.2) is 0 Å². The molecule has 0 bridgehead atoms. The van der Waals surface area contributed by atoms with E-state index in [-0.39, 0.29) is 0 Å². The molecule has 3 aromatic carbocycles. The summed E-state index contributed by atoms with van der Waals surface area (Å²) in [7, 11) is 0. The molecule has 2 nitrogen and oxygen atoms in total. The molecule has 7 rings (SSSR count). The Kier molecular flexibility index (Phi) is 6.87. The monoisotopic (exact) mass is 524 g/mol. The highest BCUT2D eigenvalue weighted by Gasteiger charge is 2.26. The summed E-state index contributed by atoms with van der Waals surface area (Å²) in [5.41, 5.74) is 9.78. The zero-order valence-corrected chi connectivity index (χ0v) is 23.9. The summed E-state index contributed by atoms with van der Waals surface area (Å²) in [6.45, 7) is 4.82. The average Bonchev–Trinajstić information content (AvgIpc) is 3.00. The molecule has 0 radical (unpaired) electrons. The van der Waals surface area contributed by atoms with Crippen molar-refractivity contribution < 1.29 is 0 Å². The van der Waals surface area contributed by atoms with Gasteiger partial charge in [0.05, 0.1) is 11.0 Å². The van der Waals surface area contributed by atoms with Gasteiger partial charge in [-0.3, -0.25) is 9.97 Å². The molecule has 2 fully saturated rings. The Labute approximate surface area is 238 Å². The molecule has 2 heterocycles. The fourth-order valence-electron chi connectivity index (χ4n) is 7.55. The summed E-state index contributed by atoms with van der Waals surface area (Å²) >= 11 is 0. The Morgan fingerprint density at radius 2 is 0.950 bits per heavy atom. The summed E-state index contributed by atoms with van der Waals surface area (Å²) in [6, 6.07) is 31.2. The Balaban J connectivity index is 1.52. The van der Waals surface area contributed by atoms with E-state index in [0.29, 0.717) is 11.8 Å². The highest BCUT2D eigenvalue weighted by Crippen LogP contribution is 2.43. The number of rotatable bonds is 4. The maximum atomic E-state index is 5.52. The van der Waals surface area contributed by atoms with Crippen molar-refractivity contribution in [2.75, 3.05) is 0 Å². The van der Waals surface area contributed by atoms with Gasteiger partial charge in [0.1, 0.15) is 0 Å². The van der Waals surface area contributed by atoms with Crippen LogP contribution >= 0.6 is 0 Å². The largest absolute Gasteiger partial charge is 0.250 e. The summed E-state index contributed by atoms with van der Waals surface area (Å²) in [5.74, 6) is 2.54. The lowest BCUT2D eigenvalue weighted by molar-refractivity contribution is 0.340. The van der Waals surface area contributed by atoms with Crippen molar-refractivity contribution in [3.8, 4) is 22.3 Å². The SMILES string of the molecule is CC1CCCC(c2cc(-c3ccccc3)c3ccc4c(-c5ccccc5)cc(C5CCCC(C)C5)nc4c3n2)C1. The van der Waals surface area contributed by atoms with Crippen molar-refractivity contribution in [3.05, 3.63) is 96.3 Å². The van der Waals surface area contributed by atoms with Crippen LogP contribution in [0.2, 0.25) is 0 Å². The second-order valence-electron chi connectivity index (χ2n) is 12.7. The van der Waals surface area contributed by atoms with Gasteiger partial charge in [0.25, 0.3) is 0 Å². The van der Waals surface area contributed by atoms with E-state index in [1.165, 1.54) is 95.8 Å². The van der Waals surface area contributed by atoms with Gasteiger partial charge in [0, 0.05) is 34.0 Å². The van der Waals surface area contributed by atoms with Crippen LogP contribution in [-0.4, -0.2) is 9.97 Å². The molecule has 4 unspecified atom stereocenters. The first-order chi connectivity index (χ1) is 19.6. The van der Waals surface area contributed by atoms with Crippen molar-refractivity contribution in [1.82, 2.24) is 9.97 Å². The first-order valence-electron chi connectivity index (χ1n) is 15.5. The van der Waals surface area contributed by atoms with Crippen LogP contribution in [0.15, 0.2) is 84.9 Å². The third-order valence-electron chi connectivity index (χ3n) is 9.68. The van der Waals surface area contributed by atoms with E-state index in [0.717, 1.165) is 22.9 Å². The Morgan fingerprint density at radius 3 is 1.35 bits per heavy atom. The van der Waals surface area contributed by atoms with E-state index in [1.807, 2.05) is 0 Å². The standard InChI is InChI=1S/C38H40N2/c1-25-11-9-17-29(21-25)35-23-33(27-13-5-3-6-14-27)31-19-20-32-34(28-15-7-4-8-16-28)24-36(40-38(32)37(31)39-35)30-18-10-12-26(2)22-30/h3-8,13-16,19-20,23-26,29-30H,9-12,17-18,21-22H2,1-2H3. The molecule has 40 heavy (non-hydrogen) atoms. The molecule has 0 N–H and O–H groups in total. The maximum Gasteiger partial charge on any atom is 0.0974 e. The second-order valence-corrected chi connectivity index (χ2v) is 12.7. The zero-order chi connectivity index (χ0) is 27.1. The fourth-order valence-corrected chi connectivity index (χ4v) is 7.55. The van der Waals surface area contributed by atoms with E-state index in [9.17, 15) is 0 Å². The molecule has 202 valence electrons. The molecule has 0 amide bonds. The van der Waals surface area contributed by atoms with Gasteiger partial charge >= 0.3 is 0 Å². The molecule has 2 aliphatic rings. The quantitative estimate of drug-likeness (QED) is 0.219. The zero-order valence-electron chi connectivity index (χ0n) is 23.9. The molecular formula is C38H40N2. The molecular weight excluding hydrogens is 484 g/mol. The first-order valence-corrected chi connectivity index (χ1v) is 15.5. The Morgan fingerprint density at radius 1 is 0.525 bits per heavy atom. The highest BCUT2D eigenvalue weighted by atomic mass is 14.8. The van der Waals surface area contributed by atoms with Gasteiger partial charge in [-0.15, -0.1) is 0 Å². The van der Waals surface area contributed by atoms with Gasteiger partial charge in [-0.05, 0) is 71.9 Å². The van der Waals surface area contributed by atoms with Crippen molar-refractivity contribution in [2.24, 2.45) is 11.8 Å². The Hall–Kier alpha value is -3.52. The normalized spacial score (nSPS) is 23.4. The maximum absolute atomic E-state index is 5.52. The summed E-state index contributed by atoms with van der Waals surface area (Å²) in [6.07, 6.45) is 10.2. The highest BCUT2D eigenvalue weighted by molar-refractivity contribution is 6.12. The number of hydrogen-bond acceptors (Lipinski definition) is 2. The van der Waals surface area contributed by atoms with Gasteiger partial charge < -0.3 is 0 Å². The van der Waals surface area contributed by atoms with Gasteiger partial charge in [0.15, 0.2) is 0 Å². The van der Waals surface area contributed by atoms with Gasteiger partial charge in [0.2, 0.25) is 0 Å². The van der Waals surface area contributed by atoms with Crippen LogP contribution < -0.4 is 0 Å². The molecule has 0 spiro atoms. The predicted molar refractivity (Wildman–Crippen MR) is 169 cm³/mol. The summed E-state index contributed by atoms with van der Waals surface area (Å²) in [5, 5.41) is 2.43. The third kappa shape index (κ3) is 4.83. The molecule has 5 aromatic rings. The van der Waals surface area contributed by atoms with E-state index >= 15 is 0 Å². The molecule has 4 atom stereocenters. The number of nitrogens with zero attached hydrogens (tertiary/aromatic N) is 2. The second kappa shape index (κ2) is 10.8. The molecule has 0 aliphatic heterocycles. The van der Waals surface area contributed by atoms with E-state index < -0.39 is 0 Å². The van der Waals surface area contributed by atoms with E-state index in [4.69, 9.17) is 9.97 Å². The third-order valence-corrected chi connectivity index (χ3v) is 9.68. The van der Waals surface area contributed by atoms with E-state index in [2.05, 4.69) is 98.8 Å². The van der Waals surface area contributed by atoms with Crippen LogP contribution in [0.3, 0.4) is 0 Å². The molecule has 2 aromatic heterocycles. The molecule has 2 aliphatic carbocycles. The fraction of sp³-hybridized carbons (Fsp3) is 0.368. The average molecular weight is 525 g/mol. The molecule has 2 heteroatoms. The summed E-state index contributed by atoms with van der Waals surface area (Å²) in [4.78, 5) is 11.0. The lowest BCUT2D eigenvalue weighted by Gasteiger charge is -2.28. The van der Waals surface area contributed by atoms with Crippen molar-refractivity contribution in [1.29, 1.82) is 0 Å². The van der Waals surface area contributed by atoms with Crippen LogP contribution in [0.25, 0.3) is 44.1 Å². The predicted octanol–water partition coefficient (Wildman–Crippen LogP) is 10.7. The van der Waals surface area contributed by atoms with Crippen molar-refractivity contribution in [2.45, 2.75) is 77.0 Å². The topological polar surface area (TPSA) is 25.8 Å². The van der Waals surface area contributed by atoms with E-state index in [1.54, 1.807) is 0 Å². The number of aromatic nitrogens is 2. The number of fused-ring (bicyclic) bond motifs is 3. The van der Waals surface area contributed by atoms with Gasteiger partial charge in [-0.1, -0.05) is 112 Å². The van der Waals surface area contributed by atoms with Crippen LogP contribution in [0.5, 0.6) is 0 Å². The number of benzene rings is 3. The Bertz CT molecular complexity index is 1510. The minimum absolute atomic E-state index is 0.516. The lowest BCUT2D eigenvalue weighted by Crippen LogP contribution is -2.14. The van der Waals surface area contributed by atoms with Crippen LogP contribution in [0.4, 0.5) is 0 Å². The first kappa shape index (κ1) is 25.4.